The average Bonchev–Trinajstić information content (AvgIpc) is 3.28. The number of unbranched alkanes of at least 4 members (excludes halogenated alkanes) is 36. The molecule has 392 valence electrons. The molecule has 1 saturated heterocycles. The van der Waals surface area contributed by atoms with Crippen molar-refractivity contribution in [3.05, 3.63) is 0 Å². The topological polar surface area (TPSA) is 186 Å². The highest BCUT2D eigenvalue weighted by Crippen LogP contribution is 2.24. The second kappa shape index (κ2) is 43.7. The number of aliphatic hydroxyl groups excluding tert-OH is 3. The van der Waals surface area contributed by atoms with Crippen molar-refractivity contribution in [3.63, 3.8) is 0 Å². The molecule has 1 rings (SSSR count). The Morgan fingerprint density at radius 1 is 0.455 bits per heavy atom. The molecule has 1 aliphatic rings. The van der Waals surface area contributed by atoms with Gasteiger partial charge in [-0.2, -0.15) is 8.42 Å². The minimum absolute atomic E-state index is 0.173. The Kier molecular flexibility index (Phi) is 41.4. The zero-order chi connectivity index (χ0) is 48.4. The fourth-order valence-corrected chi connectivity index (χ4v) is 9.61. The number of ether oxygens (including phenoxy) is 4. The molecule has 13 heteroatoms. The fourth-order valence-electron chi connectivity index (χ4n) is 8.92. The number of rotatable bonds is 48. The van der Waals surface area contributed by atoms with Gasteiger partial charge in [0.05, 0.1) is 6.61 Å². The molecular weight excluding hydrogens is 861 g/mol. The molecule has 0 aromatic heterocycles. The van der Waals surface area contributed by atoms with Crippen molar-refractivity contribution in [2.45, 2.75) is 307 Å². The summed E-state index contributed by atoms with van der Waals surface area (Å²) >= 11 is 0. The molecule has 6 atom stereocenters. The van der Waals surface area contributed by atoms with Gasteiger partial charge in [-0.05, 0) is 12.8 Å². The Morgan fingerprint density at radius 3 is 1.11 bits per heavy atom. The van der Waals surface area contributed by atoms with Gasteiger partial charge in [0.2, 0.25) is 0 Å². The van der Waals surface area contributed by atoms with Gasteiger partial charge in [0.1, 0.15) is 36.8 Å². The number of aliphatic hydroxyl groups is 3. The number of carbonyl (C=O) groups excluding carboxylic acids is 2. The molecule has 0 radical (unpaired) electrons. The molecule has 0 aromatic rings. The van der Waals surface area contributed by atoms with Crippen LogP contribution < -0.4 is 0 Å². The lowest BCUT2D eigenvalue weighted by Crippen LogP contribution is -2.60. The second-order valence-corrected chi connectivity index (χ2v) is 21.1. The summed E-state index contributed by atoms with van der Waals surface area (Å²) in [6.07, 6.45) is 38.6. The molecule has 1 heterocycles. The summed E-state index contributed by atoms with van der Waals surface area (Å²) in [6, 6.07) is 0. The van der Waals surface area contributed by atoms with E-state index in [1.54, 1.807) is 0 Å². The summed E-state index contributed by atoms with van der Waals surface area (Å²) in [7, 11) is -4.60. The third-order valence-electron chi connectivity index (χ3n) is 13.2. The summed E-state index contributed by atoms with van der Waals surface area (Å²) in [4.78, 5) is 25.6. The van der Waals surface area contributed by atoms with Gasteiger partial charge < -0.3 is 34.3 Å². The molecule has 0 spiro atoms. The van der Waals surface area contributed by atoms with Gasteiger partial charge in [-0.15, -0.1) is 0 Å². The summed E-state index contributed by atoms with van der Waals surface area (Å²) in [5, 5.41) is 31.0. The first-order chi connectivity index (χ1) is 32.0. The van der Waals surface area contributed by atoms with Gasteiger partial charge in [-0.1, -0.05) is 245 Å². The molecule has 1 aliphatic heterocycles. The van der Waals surface area contributed by atoms with Crippen LogP contribution in [0.2, 0.25) is 0 Å². The van der Waals surface area contributed by atoms with Crippen LogP contribution in [0.5, 0.6) is 0 Å². The second-order valence-electron chi connectivity index (χ2n) is 19.6. The first-order valence-corrected chi connectivity index (χ1v) is 29.2. The van der Waals surface area contributed by atoms with Gasteiger partial charge in [0, 0.05) is 12.8 Å². The maximum atomic E-state index is 12.9. The highest BCUT2D eigenvalue weighted by atomic mass is 32.2. The quantitative estimate of drug-likeness (QED) is 0.0257. The molecule has 12 nitrogen and oxygen atoms in total. The van der Waals surface area contributed by atoms with E-state index in [1.807, 2.05) is 0 Å². The standard InChI is InChI=1S/C53H102O12S/c1-3-5-7-9-11-13-15-17-19-21-23-25-27-29-31-33-35-37-39-41-48(54)62-43-46(44-63-53-52(58)51(57)50(56)47(65-53)45-66(59,60)61)64-49(55)42-40-38-36-34-32-30-28-26-24-22-20-18-16-14-12-10-8-6-4-2/h46-47,50-53,56-58H,3-45H2,1-2H3,(H,59,60,61). The van der Waals surface area contributed by atoms with Crippen molar-refractivity contribution in [1.82, 2.24) is 0 Å². The predicted molar refractivity (Wildman–Crippen MR) is 266 cm³/mol. The van der Waals surface area contributed by atoms with Crippen LogP contribution in [0, 0.1) is 0 Å². The highest BCUT2D eigenvalue weighted by Gasteiger charge is 2.46. The molecule has 0 aliphatic carbocycles. The predicted octanol–water partition coefficient (Wildman–Crippen LogP) is 12.8. The molecular formula is C53H102O12S. The molecule has 0 saturated carbocycles. The van der Waals surface area contributed by atoms with Gasteiger partial charge >= 0.3 is 11.9 Å². The Morgan fingerprint density at radius 2 is 0.773 bits per heavy atom. The zero-order valence-electron chi connectivity index (χ0n) is 42.3. The van der Waals surface area contributed by atoms with Gasteiger partial charge in [-0.25, -0.2) is 0 Å². The summed E-state index contributed by atoms with van der Waals surface area (Å²) in [5.74, 6) is -1.95. The maximum absolute atomic E-state index is 12.9. The van der Waals surface area contributed by atoms with E-state index < -0.39 is 71.2 Å². The number of carbonyl (C=O) groups is 2. The lowest BCUT2D eigenvalue weighted by molar-refractivity contribution is -0.297. The van der Waals surface area contributed by atoms with E-state index in [1.165, 1.54) is 193 Å². The molecule has 1 fully saturated rings. The third kappa shape index (κ3) is 37.5. The number of esters is 2. The van der Waals surface area contributed by atoms with E-state index in [4.69, 9.17) is 18.9 Å². The van der Waals surface area contributed by atoms with E-state index in [9.17, 15) is 37.9 Å². The summed E-state index contributed by atoms with van der Waals surface area (Å²) < 4.78 is 54.3. The maximum Gasteiger partial charge on any atom is 0.306 e. The smallest absolute Gasteiger partial charge is 0.306 e. The minimum Gasteiger partial charge on any atom is -0.462 e. The summed E-state index contributed by atoms with van der Waals surface area (Å²) in [6.45, 7) is 3.83. The highest BCUT2D eigenvalue weighted by molar-refractivity contribution is 7.85. The van der Waals surface area contributed by atoms with Crippen LogP contribution in [0.3, 0.4) is 0 Å². The van der Waals surface area contributed by atoms with Crippen LogP contribution >= 0.6 is 0 Å². The first kappa shape index (κ1) is 62.7. The molecule has 4 N–H and O–H groups in total. The van der Waals surface area contributed by atoms with E-state index in [2.05, 4.69) is 13.8 Å². The van der Waals surface area contributed by atoms with Crippen LogP contribution in [-0.4, -0.2) is 96.0 Å². The molecule has 0 aromatic carbocycles. The van der Waals surface area contributed by atoms with Crippen LogP contribution in [0.1, 0.15) is 271 Å². The molecule has 0 bridgehead atoms. The summed E-state index contributed by atoms with van der Waals surface area (Å²) in [5.41, 5.74) is 0. The number of hydrogen-bond donors (Lipinski definition) is 4. The van der Waals surface area contributed by atoms with E-state index in [-0.39, 0.29) is 19.4 Å². The van der Waals surface area contributed by atoms with Crippen molar-refractivity contribution < 1.29 is 56.8 Å². The van der Waals surface area contributed by atoms with Crippen molar-refractivity contribution in [3.8, 4) is 0 Å². The van der Waals surface area contributed by atoms with Crippen molar-refractivity contribution in [1.29, 1.82) is 0 Å². The Bertz CT molecular complexity index is 1220. The fraction of sp³-hybridized carbons (Fsp3) is 0.962. The number of hydrogen-bond acceptors (Lipinski definition) is 11. The van der Waals surface area contributed by atoms with Crippen molar-refractivity contribution in [2.24, 2.45) is 0 Å². The average molecular weight is 963 g/mol. The Balaban J connectivity index is 2.32. The van der Waals surface area contributed by atoms with Crippen LogP contribution in [0.25, 0.3) is 0 Å². The molecule has 0 amide bonds. The Labute approximate surface area is 403 Å². The van der Waals surface area contributed by atoms with E-state index in [0.29, 0.717) is 12.8 Å². The van der Waals surface area contributed by atoms with Crippen LogP contribution in [0.15, 0.2) is 0 Å². The van der Waals surface area contributed by atoms with Crippen molar-refractivity contribution in [2.75, 3.05) is 19.0 Å². The lowest BCUT2D eigenvalue weighted by Gasteiger charge is -2.40. The monoisotopic (exact) mass is 963 g/mol. The SMILES string of the molecule is CCCCCCCCCCCCCCCCCCCCCC(=O)OCC(COC1OC(CS(=O)(=O)O)C(O)C(O)C1O)OC(=O)CCCCCCCCCCCCCCCCCCCCC. The largest absolute Gasteiger partial charge is 0.462 e. The van der Waals surface area contributed by atoms with Gasteiger partial charge in [-0.3, -0.25) is 14.1 Å². The van der Waals surface area contributed by atoms with E-state index >= 15 is 0 Å². The van der Waals surface area contributed by atoms with E-state index in [0.717, 1.165) is 38.5 Å². The minimum atomic E-state index is -4.60. The molecule has 6 unspecified atom stereocenters. The first-order valence-electron chi connectivity index (χ1n) is 27.6. The van der Waals surface area contributed by atoms with Crippen LogP contribution in [0.4, 0.5) is 0 Å². The Hall–Kier alpha value is -1.35. The zero-order valence-corrected chi connectivity index (χ0v) is 43.1. The lowest BCUT2D eigenvalue weighted by atomic mass is 10.00. The van der Waals surface area contributed by atoms with Gasteiger partial charge in [0.15, 0.2) is 12.4 Å². The van der Waals surface area contributed by atoms with Crippen molar-refractivity contribution >= 4 is 22.1 Å². The normalized spacial score (nSPS) is 19.3. The third-order valence-corrected chi connectivity index (χ3v) is 13.9. The van der Waals surface area contributed by atoms with Crippen LogP contribution in [-0.2, 0) is 38.7 Å². The van der Waals surface area contributed by atoms with Gasteiger partial charge in [0.25, 0.3) is 10.1 Å². The molecule has 66 heavy (non-hydrogen) atoms.